The zero-order valence-corrected chi connectivity index (χ0v) is 8.63. The molecule has 2 rings (SSSR count). The van der Waals surface area contributed by atoms with Gasteiger partial charge in [0.25, 0.3) is 0 Å². The van der Waals surface area contributed by atoms with E-state index in [1.165, 1.54) is 0 Å². The molecule has 0 atom stereocenters. The Bertz CT molecular complexity index is 494. The van der Waals surface area contributed by atoms with Gasteiger partial charge in [0.2, 0.25) is 0 Å². The van der Waals surface area contributed by atoms with Crippen LogP contribution in [-0.4, -0.2) is 16.1 Å². The fraction of sp³-hybridized carbons (Fsp3) is 0.0769. The number of hydrogen-bond acceptors (Lipinski definition) is 2. The lowest BCUT2D eigenvalue weighted by Gasteiger charge is -2.03. The predicted octanol–water partition coefficient (Wildman–Crippen LogP) is 2.38. The zero-order chi connectivity index (χ0) is 11.4. The molecule has 0 saturated heterocycles. The molecule has 1 aromatic carbocycles. The molecule has 0 spiro atoms. The minimum atomic E-state index is -0.816. The number of carbonyl (C=O) groups is 1. The van der Waals surface area contributed by atoms with Gasteiger partial charge in [-0.05, 0) is 22.8 Å². The Hall–Kier alpha value is -2.16. The molecule has 0 aliphatic heterocycles. The van der Waals surface area contributed by atoms with Gasteiger partial charge >= 0.3 is 5.97 Å². The van der Waals surface area contributed by atoms with E-state index in [-0.39, 0.29) is 6.42 Å². The third-order valence-corrected chi connectivity index (χ3v) is 2.28. The number of aliphatic carboxylic acids is 1. The van der Waals surface area contributed by atoms with E-state index < -0.39 is 5.97 Å². The van der Waals surface area contributed by atoms with Gasteiger partial charge in [-0.2, -0.15) is 0 Å². The van der Waals surface area contributed by atoms with E-state index in [1.807, 2.05) is 36.4 Å². The molecule has 0 fully saturated rings. The third kappa shape index (κ3) is 2.45. The highest BCUT2D eigenvalue weighted by Gasteiger charge is 2.02. The van der Waals surface area contributed by atoms with Gasteiger partial charge in [-0.25, -0.2) is 0 Å². The van der Waals surface area contributed by atoms with E-state index in [2.05, 4.69) is 4.98 Å². The van der Waals surface area contributed by atoms with Crippen molar-refractivity contribution < 1.29 is 9.90 Å². The highest BCUT2D eigenvalue weighted by molar-refractivity contribution is 5.72. The minimum Gasteiger partial charge on any atom is -0.481 e. The van der Waals surface area contributed by atoms with E-state index >= 15 is 0 Å². The summed E-state index contributed by atoms with van der Waals surface area (Å²) in [6, 6.07) is 11.3. The van der Waals surface area contributed by atoms with Gasteiger partial charge in [0.15, 0.2) is 0 Å². The van der Waals surface area contributed by atoms with Crippen molar-refractivity contribution in [3.63, 3.8) is 0 Å². The molecule has 1 N–H and O–H groups in total. The number of aromatic nitrogens is 1. The molecule has 0 aliphatic rings. The molecule has 1 heterocycles. The monoisotopic (exact) mass is 213 g/mol. The summed E-state index contributed by atoms with van der Waals surface area (Å²) in [5.74, 6) is -0.816. The Balaban J connectivity index is 2.33. The average molecular weight is 213 g/mol. The van der Waals surface area contributed by atoms with E-state index in [0.717, 1.165) is 16.7 Å². The molecule has 1 aromatic heterocycles. The van der Waals surface area contributed by atoms with Crippen LogP contribution in [0.15, 0.2) is 48.8 Å². The number of rotatable bonds is 3. The van der Waals surface area contributed by atoms with Crippen molar-refractivity contribution in [2.45, 2.75) is 6.42 Å². The van der Waals surface area contributed by atoms with Crippen LogP contribution in [0.3, 0.4) is 0 Å². The van der Waals surface area contributed by atoms with Crippen LogP contribution in [0.2, 0.25) is 0 Å². The van der Waals surface area contributed by atoms with Gasteiger partial charge in [0, 0.05) is 12.4 Å². The second kappa shape index (κ2) is 4.57. The first-order valence-electron chi connectivity index (χ1n) is 4.97. The van der Waals surface area contributed by atoms with Crippen LogP contribution >= 0.6 is 0 Å². The maximum atomic E-state index is 10.6. The molecule has 16 heavy (non-hydrogen) atoms. The summed E-state index contributed by atoms with van der Waals surface area (Å²) in [6.45, 7) is 0. The fourth-order valence-corrected chi connectivity index (χ4v) is 1.57. The molecule has 2 aromatic rings. The molecule has 3 heteroatoms. The standard InChI is InChI=1S/C13H11NO2/c15-13(16)8-10-3-1-4-11(7-10)12-5-2-6-14-9-12/h1-7,9H,8H2,(H,15,16). The summed E-state index contributed by atoms with van der Waals surface area (Å²) >= 11 is 0. The molecule has 3 nitrogen and oxygen atoms in total. The molecular weight excluding hydrogens is 202 g/mol. The summed E-state index contributed by atoms with van der Waals surface area (Å²) in [5, 5.41) is 8.72. The molecule has 0 saturated carbocycles. The summed E-state index contributed by atoms with van der Waals surface area (Å²) in [6.07, 6.45) is 3.53. The Morgan fingerprint density at radius 2 is 2.00 bits per heavy atom. The molecule has 0 bridgehead atoms. The molecule has 0 aliphatic carbocycles. The van der Waals surface area contributed by atoms with E-state index in [4.69, 9.17) is 5.11 Å². The van der Waals surface area contributed by atoms with Crippen LogP contribution in [0.4, 0.5) is 0 Å². The van der Waals surface area contributed by atoms with Crippen molar-refractivity contribution in [1.82, 2.24) is 4.98 Å². The van der Waals surface area contributed by atoms with Crippen molar-refractivity contribution in [3.8, 4) is 11.1 Å². The van der Waals surface area contributed by atoms with E-state index in [9.17, 15) is 4.79 Å². The number of benzene rings is 1. The van der Waals surface area contributed by atoms with Crippen LogP contribution in [0.25, 0.3) is 11.1 Å². The first-order valence-corrected chi connectivity index (χ1v) is 4.97. The van der Waals surface area contributed by atoms with Crippen LogP contribution in [0.5, 0.6) is 0 Å². The molecular formula is C13H11NO2. The Labute approximate surface area is 93.4 Å². The predicted molar refractivity (Wildman–Crippen MR) is 61.0 cm³/mol. The zero-order valence-electron chi connectivity index (χ0n) is 8.63. The molecule has 0 amide bonds. The first-order chi connectivity index (χ1) is 7.75. The Morgan fingerprint density at radius 3 is 2.69 bits per heavy atom. The van der Waals surface area contributed by atoms with Crippen molar-refractivity contribution in [3.05, 3.63) is 54.4 Å². The number of nitrogens with zero attached hydrogens (tertiary/aromatic N) is 1. The van der Waals surface area contributed by atoms with Crippen LogP contribution in [0, 0.1) is 0 Å². The molecule has 0 radical (unpaired) electrons. The summed E-state index contributed by atoms with van der Waals surface area (Å²) < 4.78 is 0. The smallest absolute Gasteiger partial charge is 0.307 e. The van der Waals surface area contributed by atoms with Gasteiger partial charge in [-0.1, -0.05) is 30.3 Å². The van der Waals surface area contributed by atoms with Gasteiger partial charge < -0.3 is 5.11 Å². The lowest BCUT2D eigenvalue weighted by atomic mass is 10.0. The van der Waals surface area contributed by atoms with Gasteiger partial charge in [-0.3, -0.25) is 9.78 Å². The molecule has 80 valence electrons. The lowest BCUT2D eigenvalue weighted by molar-refractivity contribution is -0.136. The van der Waals surface area contributed by atoms with Crippen molar-refractivity contribution in [2.75, 3.05) is 0 Å². The second-order valence-electron chi connectivity index (χ2n) is 3.51. The lowest BCUT2D eigenvalue weighted by Crippen LogP contribution is -1.99. The number of pyridine rings is 1. The number of carboxylic acids is 1. The second-order valence-corrected chi connectivity index (χ2v) is 3.51. The summed E-state index contributed by atoms with van der Waals surface area (Å²) in [4.78, 5) is 14.6. The van der Waals surface area contributed by atoms with Gasteiger partial charge in [-0.15, -0.1) is 0 Å². The normalized spacial score (nSPS) is 10.0. The maximum absolute atomic E-state index is 10.6. The van der Waals surface area contributed by atoms with Gasteiger partial charge in [0.05, 0.1) is 6.42 Å². The first kappa shape index (κ1) is 10.4. The fourth-order valence-electron chi connectivity index (χ4n) is 1.57. The summed E-state index contributed by atoms with van der Waals surface area (Å²) in [5.41, 5.74) is 2.79. The topological polar surface area (TPSA) is 50.2 Å². The van der Waals surface area contributed by atoms with Crippen LogP contribution in [-0.2, 0) is 11.2 Å². The SMILES string of the molecule is O=C(O)Cc1cccc(-c2cccnc2)c1. The highest BCUT2D eigenvalue weighted by atomic mass is 16.4. The number of hydrogen-bond donors (Lipinski definition) is 1. The van der Waals surface area contributed by atoms with Crippen molar-refractivity contribution in [2.24, 2.45) is 0 Å². The van der Waals surface area contributed by atoms with Crippen LogP contribution in [0.1, 0.15) is 5.56 Å². The van der Waals surface area contributed by atoms with Crippen molar-refractivity contribution in [1.29, 1.82) is 0 Å². The Kier molecular flexibility index (Phi) is 2.96. The van der Waals surface area contributed by atoms with Crippen LogP contribution < -0.4 is 0 Å². The largest absolute Gasteiger partial charge is 0.481 e. The quantitative estimate of drug-likeness (QED) is 0.851. The minimum absolute atomic E-state index is 0.0497. The Morgan fingerprint density at radius 1 is 1.19 bits per heavy atom. The maximum Gasteiger partial charge on any atom is 0.307 e. The summed E-state index contributed by atoms with van der Waals surface area (Å²) in [7, 11) is 0. The molecule has 0 unspecified atom stereocenters. The third-order valence-electron chi connectivity index (χ3n) is 2.28. The highest BCUT2D eigenvalue weighted by Crippen LogP contribution is 2.19. The van der Waals surface area contributed by atoms with Crippen molar-refractivity contribution >= 4 is 5.97 Å². The number of carboxylic acid groups (broad SMARTS) is 1. The van der Waals surface area contributed by atoms with Gasteiger partial charge in [0.1, 0.15) is 0 Å². The van der Waals surface area contributed by atoms with E-state index in [0.29, 0.717) is 0 Å². The van der Waals surface area contributed by atoms with E-state index in [1.54, 1.807) is 12.4 Å². The average Bonchev–Trinajstić information content (AvgIpc) is 2.30.